The van der Waals surface area contributed by atoms with E-state index in [1.165, 1.54) is 23.9 Å². The number of rotatable bonds is 5. The second kappa shape index (κ2) is 8.57. The Morgan fingerprint density at radius 3 is 2.39 bits per heavy atom. The summed E-state index contributed by atoms with van der Waals surface area (Å²) in [7, 11) is 0. The SMILES string of the molecule is Cc1cccc(NC2=C(Sc3ccccc3)C(=O)N(c3ccc(F)c(Cl)c3)C2=O)c1C. The molecule has 0 atom stereocenters. The van der Waals surface area contributed by atoms with Gasteiger partial charge in [-0.15, -0.1) is 0 Å². The van der Waals surface area contributed by atoms with E-state index < -0.39 is 17.6 Å². The number of amides is 2. The van der Waals surface area contributed by atoms with Crippen LogP contribution in [0.15, 0.2) is 82.2 Å². The third-order valence-corrected chi connectivity index (χ3v) is 6.41. The van der Waals surface area contributed by atoms with E-state index in [1.54, 1.807) is 0 Å². The lowest BCUT2D eigenvalue weighted by atomic mass is 10.1. The molecule has 3 aromatic rings. The number of hydrogen-bond acceptors (Lipinski definition) is 4. The van der Waals surface area contributed by atoms with E-state index in [0.29, 0.717) is 0 Å². The van der Waals surface area contributed by atoms with Crippen molar-refractivity contribution < 1.29 is 14.0 Å². The van der Waals surface area contributed by atoms with Gasteiger partial charge in [0.05, 0.1) is 10.7 Å². The summed E-state index contributed by atoms with van der Waals surface area (Å²) in [6, 6.07) is 18.8. The van der Waals surface area contributed by atoms with Crippen LogP contribution in [0.25, 0.3) is 0 Å². The van der Waals surface area contributed by atoms with Crippen molar-refractivity contribution in [2.75, 3.05) is 10.2 Å². The zero-order chi connectivity index (χ0) is 22.1. The lowest BCUT2D eigenvalue weighted by Gasteiger charge is -2.16. The molecule has 4 rings (SSSR count). The van der Waals surface area contributed by atoms with Crippen molar-refractivity contribution in [3.05, 3.63) is 99.3 Å². The Morgan fingerprint density at radius 1 is 0.935 bits per heavy atom. The number of imide groups is 1. The maximum absolute atomic E-state index is 13.6. The topological polar surface area (TPSA) is 49.4 Å². The molecule has 3 aromatic carbocycles. The van der Waals surface area contributed by atoms with E-state index in [-0.39, 0.29) is 21.3 Å². The predicted molar refractivity (Wildman–Crippen MR) is 123 cm³/mol. The molecule has 2 amide bonds. The highest BCUT2D eigenvalue weighted by Crippen LogP contribution is 2.38. The third kappa shape index (κ3) is 4.09. The summed E-state index contributed by atoms with van der Waals surface area (Å²) in [6.45, 7) is 3.92. The van der Waals surface area contributed by atoms with Gasteiger partial charge in [0, 0.05) is 10.6 Å². The number of halogens is 2. The van der Waals surface area contributed by atoms with Crippen LogP contribution in [0.2, 0.25) is 5.02 Å². The summed E-state index contributed by atoms with van der Waals surface area (Å²) in [6.07, 6.45) is 0. The van der Waals surface area contributed by atoms with E-state index in [4.69, 9.17) is 11.6 Å². The molecule has 0 unspecified atom stereocenters. The molecule has 0 radical (unpaired) electrons. The zero-order valence-corrected chi connectivity index (χ0v) is 18.4. The number of carbonyl (C=O) groups is 2. The molecule has 1 N–H and O–H groups in total. The minimum atomic E-state index is -0.620. The Hall–Kier alpha value is -3.09. The quantitative estimate of drug-likeness (QED) is 0.476. The average molecular weight is 453 g/mol. The summed E-state index contributed by atoms with van der Waals surface area (Å²) >= 11 is 7.10. The number of aryl methyl sites for hydroxylation is 1. The van der Waals surface area contributed by atoms with Crippen molar-refractivity contribution in [2.45, 2.75) is 18.7 Å². The summed E-state index contributed by atoms with van der Waals surface area (Å²) in [5, 5.41) is 3.01. The molecule has 1 heterocycles. The van der Waals surface area contributed by atoms with Crippen molar-refractivity contribution in [1.82, 2.24) is 0 Å². The van der Waals surface area contributed by atoms with Crippen LogP contribution in [-0.4, -0.2) is 11.8 Å². The van der Waals surface area contributed by atoms with Crippen LogP contribution in [0, 0.1) is 19.7 Å². The average Bonchev–Trinajstić information content (AvgIpc) is 2.98. The fourth-order valence-corrected chi connectivity index (χ4v) is 4.32. The fourth-order valence-electron chi connectivity index (χ4n) is 3.20. The third-order valence-electron chi connectivity index (χ3n) is 5.03. The zero-order valence-electron chi connectivity index (χ0n) is 16.8. The van der Waals surface area contributed by atoms with E-state index in [1.807, 2.05) is 62.4 Å². The standard InChI is InChI=1S/C24H18ClFN2O2S/c1-14-7-6-10-20(15(14)2)27-21-22(31-17-8-4-3-5-9-17)24(30)28(23(21)29)16-11-12-19(26)18(25)13-16/h3-13,27H,1-2H3. The molecular formula is C24H18ClFN2O2S. The van der Waals surface area contributed by atoms with Gasteiger partial charge in [-0.2, -0.15) is 0 Å². The van der Waals surface area contributed by atoms with Crippen molar-refractivity contribution in [3.63, 3.8) is 0 Å². The van der Waals surface area contributed by atoms with Gasteiger partial charge in [0.2, 0.25) is 0 Å². The summed E-state index contributed by atoms with van der Waals surface area (Å²) in [4.78, 5) is 28.8. The van der Waals surface area contributed by atoms with E-state index in [2.05, 4.69) is 5.32 Å². The molecule has 0 aliphatic carbocycles. The van der Waals surface area contributed by atoms with Gasteiger partial charge in [-0.3, -0.25) is 9.59 Å². The lowest BCUT2D eigenvalue weighted by Crippen LogP contribution is -2.32. The van der Waals surface area contributed by atoms with Gasteiger partial charge in [-0.1, -0.05) is 53.7 Å². The maximum atomic E-state index is 13.6. The minimum absolute atomic E-state index is 0.161. The van der Waals surface area contributed by atoms with Crippen LogP contribution in [0.1, 0.15) is 11.1 Å². The van der Waals surface area contributed by atoms with Gasteiger partial charge in [0.25, 0.3) is 11.8 Å². The number of benzene rings is 3. The molecule has 0 bridgehead atoms. The van der Waals surface area contributed by atoms with Crippen LogP contribution in [0.3, 0.4) is 0 Å². The Labute approximate surface area is 188 Å². The molecule has 1 aliphatic heterocycles. The predicted octanol–water partition coefficient (Wildman–Crippen LogP) is 6.09. The number of nitrogens with zero attached hydrogens (tertiary/aromatic N) is 1. The second-order valence-corrected chi connectivity index (χ2v) is 8.53. The number of thioether (sulfide) groups is 1. The lowest BCUT2D eigenvalue weighted by molar-refractivity contribution is -0.120. The monoisotopic (exact) mass is 452 g/mol. The maximum Gasteiger partial charge on any atom is 0.283 e. The van der Waals surface area contributed by atoms with E-state index >= 15 is 0 Å². The Kier molecular flexibility index (Phi) is 5.85. The molecule has 0 spiro atoms. The first kappa shape index (κ1) is 21.2. The van der Waals surface area contributed by atoms with Gasteiger partial charge >= 0.3 is 0 Å². The first-order chi connectivity index (χ1) is 14.9. The number of anilines is 2. The fraction of sp³-hybridized carbons (Fsp3) is 0.0833. The summed E-state index contributed by atoms with van der Waals surface area (Å²) < 4.78 is 13.6. The van der Waals surface area contributed by atoms with Gasteiger partial charge in [0.1, 0.15) is 16.4 Å². The summed E-state index contributed by atoms with van der Waals surface area (Å²) in [5.74, 6) is -1.63. The van der Waals surface area contributed by atoms with Crippen molar-refractivity contribution in [3.8, 4) is 0 Å². The Morgan fingerprint density at radius 2 is 1.68 bits per heavy atom. The van der Waals surface area contributed by atoms with Crippen LogP contribution in [0.5, 0.6) is 0 Å². The Balaban J connectivity index is 1.78. The first-order valence-electron chi connectivity index (χ1n) is 9.51. The molecule has 0 saturated carbocycles. The van der Waals surface area contributed by atoms with Gasteiger partial charge < -0.3 is 5.32 Å². The molecule has 156 valence electrons. The summed E-state index contributed by atoms with van der Waals surface area (Å²) in [5.41, 5.74) is 3.16. The molecule has 0 aromatic heterocycles. The molecule has 0 fully saturated rings. The second-order valence-electron chi connectivity index (χ2n) is 7.04. The molecule has 31 heavy (non-hydrogen) atoms. The van der Waals surface area contributed by atoms with E-state index in [9.17, 15) is 14.0 Å². The molecule has 1 aliphatic rings. The van der Waals surface area contributed by atoms with Crippen molar-refractivity contribution in [1.29, 1.82) is 0 Å². The highest BCUT2D eigenvalue weighted by molar-refractivity contribution is 8.04. The van der Waals surface area contributed by atoms with Crippen LogP contribution >= 0.6 is 23.4 Å². The highest BCUT2D eigenvalue weighted by atomic mass is 35.5. The van der Waals surface area contributed by atoms with Crippen molar-refractivity contribution in [2.24, 2.45) is 0 Å². The van der Waals surface area contributed by atoms with Gasteiger partial charge in [0.15, 0.2) is 0 Å². The Bertz CT molecular complexity index is 1230. The minimum Gasteiger partial charge on any atom is -0.350 e. The van der Waals surface area contributed by atoms with Crippen LogP contribution in [-0.2, 0) is 9.59 Å². The van der Waals surface area contributed by atoms with E-state index in [0.717, 1.165) is 32.7 Å². The molecule has 7 heteroatoms. The normalized spacial score (nSPS) is 13.9. The first-order valence-corrected chi connectivity index (χ1v) is 10.7. The van der Waals surface area contributed by atoms with Gasteiger partial charge in [-0.05, 0) is 61.4 Å². The molecule has 4 nitrogen and oxygen atoms in total. The van der Waals surface area contributed by atoms with Crippen LogP contribution < -0.4 is 10.2 Å². The highest BCUT2D eigenvalue weighted by Gasteiger charge is 2.40. The molecular weight excluding hydrogens is 435 g/mol. The largest absolute Gasteiger partial charge is 0.350 e. The number of nitrogens with one attached hydrogen (secondary N) is 1. The van der Waals surface area contributed by atoms with Crippen LogP contribution in [0.4, 0.5) is 15.8 Å². The smallest absolute Gasteiger partial charge is 0.283 e. The number of hydrogen-bond donors (Lipinski definition) is 1. The van der Waals surface area contributed by atoms with Gasteiger partial charge in [-0.25, -0.2) is 9.29 Å². The van der Waals surface area contributed by atoms with Crippen molar-refractivity contribution >= 4 is 46.6 Å². The molecule has 0 saturated heterocycles. The number of carbonyl (C=O) groups excluding carboxylic acids is 2.